The summed E-state index contributed by atoms with van der Waals surface area (Å²) in [4.78, 5) is 11.5. The third-order valence-electron chi connectivity index (χ3n) is 2.45. The molecule has 94 valence electrons. The van der Waals surface area contributed by atoms with Gasteiger partial charge in [-0.15, -0.1) is 10.2 Å². The number of hydrogen-bond donors (Lipinski definition) is 1. The smallest absolute Gasteiger partial charge is 0.247 e. The lowest BCUT2D eigenvalue weighted by atomic mass is 10.1. The third-order valence-corrected chi connectivity index (χ3v) is 2.45. The zero-order chi connectivity index (χ0) is 13.1. The molecule has 2 aromatic rings. The number of nitrogens with one attached hydrogen (secondary N) is 1. The maximum atomic E-state index is 11.5. The number of carbonyl (C=O) groups excluding carboxylic acids is 1. The zero-order valence-corrected chi connectivity index (χ0v) is 10.6. The Bertz CT molecular complexity index is 544. The molecule has 1 aromatic carbocycles. The van der Waals surface area contributed by atoms with Gasteiger partial charge in [-0.05, 0) is 24.3 Å². The van der Waals surface area contributed by atoms with Crippen molar-refractivity contribution in [3.8, 4) is 11.5 Å². The van der Waals surface area contributed by atoms with E-state index >= 15 is 0 Å². The summed E-state index contributed by atoms with van der Waals surface area (Å²) in [5, 5.41) is 10.5. The molecule has 5 nitrogen and oxygen atoms in total. The highest BCUT2D eigenvalue weighted by molar-refractivity contribution is 5.92. The van der Waals surface area contributed by atoms with Crippen molar-refractivity contribution in [2.75, 3.05) is 5.32 Å². The normalized spacial score (nSPS) is 10.7. The molecular weight excluding hydrogens is 230 g/mol. The van der Waals surface area contributed by atoms with Crippen LogP contribution in [0.3, 0.4) is 0 Å². The van der Waals surface area contributed by atoms with E-state index in [-0.39, 0.29) is 11.8 Å². The Hall–Kier alpha value is -2.17. The molecule has 0 saturated carbocycles. The molecule has 2 rings (SSSR count). The van der Waals surface area contributed by atoms with Gasteiger partial charge in [0, 0.05) is 24.1 Å². The summed E-state index contributed by atoms with van der Waals surface area (Å²) < 4.78 is 5.32. The van der Waals surface area contributed by atoms with Crippen LogP contribution in [0.25, 0.3) is 11.5 Å². The van der Waals surface area contributed by atoms with Crippen molar-refractivity contribution in [3.05, 3.63) is 30.2 Å². The Labute approximate surface area is 105 Å². The molecule has 18 heavy (non-hydrogen) atoms. The van der Waals surface area contributed by atoms with Crippen LogP contribution < -0.4 is 5.32 Å². The van der Waals surface area contributed by atoms with Crippen LogP contribution in [0.1, 0.15) is 19.7 Å². The van der Waals surface area contributed by atoms with E-state index in [1.807, 2.05) is 38.1 Å². The number of hydrogen-bond acceptors (Lipinski definition) is 4. The van der Waals surface area contributed by atoms with E-state index < -0.39 is 0 Å². The quantitative estimate of drug-likeness (QED) is 0.902. The summed E-state index contributed by atoms with van der Waals surface area (Å²) in [6.07, 6.45) is 0. The average molecular weight is 245 g/mol. The van der Waals surface area contributed by atoms with Crippen LogP contribution in [-0.4, -0.2) is 16.1 Å². The maximum Gasteiger partial charge on any atom is 0.247 e. The van der Waals surface area contributed by atoms with Crippen LogP contribution in [0.15, 0.2) is 28.7 Å². The van der Waals surface area contributed by atoms with Crippen molar-refractivity contribution >= 4 is 11.6 Å². The van der Waals surface area contributed by atoms with Gasteiger partial charge in [0.05, 0.1) is 0 Å². The van der Waals surface area contributed by atoms with E-state index in [1.54, 1.807) is 6.92 Å². The Kier molecular flexibility index (Phi) is 3.41. The molecule has 0 aliphatic rings. The number of anilines is 1. The van der Waals surface area contributed by atoms with E-state index in [1.165, 1.54) is 0 Å². The second kappa shape index (κ2) is 5.00. The molecule has 0 bridgehead atoms. The van der Waals surface area contributed by atoms with Gasteiger partial charge in [-0.3, -0.25) is 4.79 Å². The first-order valence-electron chi connectivity index (χ1n) is 5.77. The zero-order valence-electron chi connectivity index (χ0n) is 10.6. The van der Waals surface area contributed by atoms with Gasteiger partial charge in [-0.2, -0.15) is 0 Å². The molecule has 0 spiro atoms. The van der Waals surface area contributed by atoms with Gasteiger partial charge >= 0.3 is 0 Å². The molecule has 0 aliphatic heterocycles. The third kappa shape index (κ3) is 2.74. The minimum atomic E-state index is -0.0386. The first-order chi connectivity index (χ1) is 8.56. The van der Waals surface area contributed by atoms with E-state index in [4.69, 9.17) is 4.42 Å². The number of benzene rings is 1. The lowest BCUT2D eigenvalue weighted by Gasteiger charge is -2.07. The van der Waals surface area contributed by atoms with Crippen LogP contribution in [0, 0.1) is 12.8 Å². The highest BCUT2D eigenvalue weighted by Crippen LogP contribution is 2.20. The van der Waals surface area contributed by atoms with Gasteiger partial charge in [-0.25, -0.2) is 0 Å². The molecule has 1 N–H and O–H groups in total. The summed E-state index contributed by atoms with van der Waals surface area (Å²) >= 11 is 0. The molecule has 1 heterocycles. The van der Waals surface area contributed by atoms with Crippen molar-refractivity contribution in [2.45, 2.75) is 20.8 Å². The molecular formula is C13H15N3O2. The maximum absolute atomic E-state index is 11.5. The lowest BCUT2D eigenvalue weighted by molar-refractivity contribution is -0.118. The Balaban J connectivity index is 2.13. The number of rotatable bonds is 3. The van der Waals surface area contributed by atoms with Gasteiger partial charge in [-0.1, -0.05) is 13.8 Å². The van der Waals surface area contributed by atoms with E-state index in [0.29, 0.717) is 11.8 Å². The van der Waals surface area contributed by atoms with Gasteiger partial charge in [0.15, 0.2) is 0 Å². The Morgan fingerprint density at radius 2 is 1.89 bits per heavy atom. The second-order valence-corrected chi connectivity index (χ2v) is 4.35. The van der Waals surface area contributed by atoms with Gasteiger partial charge in [0.2, 0.25) is 17.7 Å². The summed E-state index contributed by atoms with van der Waals surface area (Å²) in [6.45, 7) is 5.45. The summed E-state index contributed by atoms with van der Waals surface area (Å²) in [5.41, 5.74) is 1.59. The molecule has 1 amide bonds. The Morgan fingerprint density at radius 3 is 2.39 bits per heavy atom. The van der Waals surface area contributed by atoms with Gasteiger partial charge in [0.25, 0.3) is 0 Å². The highest BCUT2D eigenvalue weighted by Gasteiger charge is 2.08. The predicted octanol–water partition coefficient (Wildman–Crippen LogP) is 2.64. The molecule has 0 fully saturated rings. The topological polar surface area (TPSA) is 68.0 Å². The standard InChI is InChI=1S/C13H15N3O2/c1-8(2)12(17)14-11-6-4-10(5-7-11)13-16-15-9(3)18-13/h4-8H,1-3H3,(H,14,17). The van der Waals surface area contributed by atoms with Crippen LogP contribution in [-0.2, 0) is 4.79 Å². The van der Waals surface area contributed by atoms with E-state index in [9.17, 15) is 4.79 Å². The lowest BCUT2D eigenvalue weighted by Crippen LogP contribution is -2.17. The number of aromatic nitrogens is 2. The highest BCUT2D eigenvalue weighted by atomic mass is 16.4. The number of amides is 1. The average Bonchev–Trinajstić information content (AvgIpc) is 2.76. The summed E-state index contributed by atoms with van der Waals surface area (Å²) in [6, 6.07) is 7.30. The van der Waals surface area contributed by atoms with Crippen LogP contribution in [0.4, 0.5) is 5.69 Å². The second-order valence-electron chi connectivity index (χ2n) is 4.35. The molecule has 0 unspecified atom stereocenters. The molecule has 5 heteroatoms. The van der Waals surface area contributed by atoms with E-state index in [2.05, 4.69) is 15.5 Å². The molecule has 1 aromatic heterocycles. The van der Waals surface area contributed by atoms with Crippen LogP contribution in [0.2, 0.25) is 0 Å². The fourth-order valence-corrected chi connectivity index (χ4v) is 1.40. The number of carbonyl (C=O) groups is 1. The SMILES string of the molecule is Cc1nnc(-c2ccc(NC(=O)C(C)C)cc2)o1. The van der Waals surface area contributed by atoms with Crippen LogP contribution in [0.5, 0.6) is 0 Å². The largest absolute Gasteiger partial charge is 0.421 e. The fraction of sp³-hybridized carbons (Fsp3) is 0.308. The molecule has 0 saturated heterocycles. The number of nitrogens with zero attached hydrogens (tertiary/aromatic N) is 2. The first-order valence-corrected chi connectivity index (χ1v) is 5.77. The van der Waals surface area contributed by atoms with Crippen molar-refractivity contribution < 1.29 is 9.21 Å². The minimum absolute atomic E-state index is 0.00335. The van der Waals surface area contributed by atoms with Crippen LogP contribution >= 0.6 is 0 Å². The fourth-order valence-electron chi connectivity index (χ4n) is 1.40. The van der Waals surface area contributed by atoms with Crippen molar-refractivity contribution in [3.63, 3.8) is 0 Å². The van der Waals surface area contributed by atoms with E-state index in [0.717, 1.165) is 11.3 Å². The molecule has 0 aliphatic carbocycles. The monoisotopic (exact) mass is 245 g/mol. The molecule has 0 radical (unpaired) electrons. The van der Waals surface area contributed by atoms with Gasteiger partial charge < -0.3 is 9.73 Å². The number of aryl methyl sites for hydroxylation is 1. The molecule has 0 atom stereocenters. The summed E-state index contributed by atoms with van der Waals surface area (Å²) in [7, 11) is 0. The first kappa shape index (κ1) is 12.3. The van der Waals surface area contributed by atoms with Crippen molar-refractivity contribution in [2.24, 2.45) is 5.92 Å². The Morgan fingerprint density at radius 1 is 1.22 bits per heavy atom. The van der Waals surface area contributed by atoms with Crippen molar-refractivity contribution in [1.29, 1.82) is 0 Å². The van der Waals surface area contributed by atoms with Crippen molar-refractivity contribution in [1.82, 2.24) is 10.2 Å². The van der Waals surface area contributed by atoms with Gasteiger partial charge in [0.1, 0.15) is 0 Å². The minimum Gasteiger partial charge on any atom is -0.421 e. The summed E-state index contributed by atoms with van der Waals surface area (Å²) in [5.74, 6) is 0.969. The predicted molar refractivity (Wildman–Crippen MR) is 67.9 cm³/mol.